The minimum Gasteiger partial charge on any atom is -0.370 e. The number of guanidine groups is 1. The molecule has 0 heterocycles. The lowest BCUT2D eigenvalue weighted by Crippen LogP contribution is -2.38. The molecule has 4 heteroatoms. The molecule has 4 nitrogen and oxygen atoms in total. The van der Waals surface area contributed by atoms with E-state index in [9.17, 15) is 0 Å². The van der Waals surface area contributed by atoms with E-state index in [2.05, 4.69) is 74.3 Å². The lowest BCUT2D eigenvalue weighted by Gasteiger charge is -2.15. The normalized spacial score (nSPS) is 13.6. The molecule has 0 radical (unpaired) electrons. The zero-order chi connectivity index (χ0) is 17.2. The first-order chi connectivity index (χ1) is 10.9. The molecule has 0 fully saturated rings. The van der Waals surface area contributed by atoms with Crippen LogP contribution in [0.25, 0.3) is 0 Å². The zero-order valence-corrected chi connectivity index (χ0v) is 15.5. The molecule has 1 rings (SSSR count). The molecule has 1 aromatic carbocycles. The fourth-order valence-corrected chi connectivity index (χ4v) is 2.57. The molecule has 23 heavy (non-hydrogen) atoms. The van der Waals surface area contributed by atoms with Gasteiger partial charge in [0.15, 0.2) is 5.96 Å². The number of hydrogen-bond donors (Lipinski definition) is 2. The number of hydrogen-bond acceptors (Lipinski definition) is 2. The van der Waals surface area contributed by atoms with E-state index in [4.69, 9.17) is 5.73 Å². The van der Waals surface area contributed by atoms with Gasteiger partial charge in [-0.25, -0.2) is 4.99 Å². The van der Waals surface area contributed by atoms with Crippen LogP contribution in [0.15, 0.2) is 29.3 Å². The van der Waals surface area contributed by atoms with Gasteiger partial charge in [0.25, 0.3) is 0 Å². The third-order valence-corrected chi connectivity index (χ3v) is 3.74. The summed E-state index contributed by atoms with van der Waals surface area (Å²) in [5, 5.41) is 3.29. The number of nitrogens with two attached hydrogens (primary N) is 1. The van der Waals surface area contributed by atoms with Crippen LogP contribution in [0.4, 0.5) is 0 Å². The standard InChI is InChI=1S/C19H34N4/c1-15(2)8-6-9-16(3)22-19(20)21-13-17-10-7-11-18(12-17)14-23(4)5/h7,10-12,15-16H,6,8-9,13-14H2,1-5H3,(H3,20,21,22). The molecule has 0 saturated heterocycles. The molecule has 0 aliphatic carbocycles. The van der Waals surface area contributed by atoms with E-state index in [0.717, 1.165) is 18.9 Å². The van der Waals surface area contributed by atoms with Crippen LogP contribution in [0.5, 0.6) is 0 Å². The van der Waals surface area contributed by atoms with Crippen molar-refractivity contribution < 1.29 is 0 Å². The average molecular weight is 319 g/mol. The molecule has 3 N–H and O–H groups in total. The SMILES string of the molecule is CC(C)CCCC(C)NC(N)=NCc1cccc(CN(C)C)c1. The average Bonchev–Trinajstić information content (AvgIpc) is 2.44. The van der Waals surface area contributed by atoms with Gasteiger partial charge in [-0.05, 0) is 44.5 Å². The van der Waals surface area contributed by atoms with Crippen LogP contribution in [-0.2, 0) is 13.1 Å². The summed E-state index contributed by atoms with van der Waals surface area (Å²) in [6.07, 6.45) is 3.63. The number of benzene rings is 1. The lowest BCUT2D eigenvalue weighted by molar-refractivity contribution is 0.402. The summed E-state index contributed by atoms with van der Waals surface area (Å²) in [6, 6.07) is 8.90. The number of rotatable bonds is 9. The molecule has 1 unspecified atom stereocenters. The smallest absolute Gasteiger partial charge is 0.189 e. The summed E-state index contributed by atoms with van der Waals surface area (Å²) in [4.78, 5) is 6.63. The van der Waals surface area contributed by atoms with Gasteiger partial charge in [0.2, 0.25) is 0 Å². The van der Waals surface area contributed by atoms with Crippen LogP contribution >= 0.6 is 0 Å². The minimum atomic E-state index is 0.373. The Morgan fingerprint density at radius 3 is 2.52 bits per heavy atom. The predicted molar refractivity (Wildman–Crippen MR) is 100 cm³/mol. The van der Waals surface area contributed by atoms with Gasteiger partial charge in [-0.1, -0.05) is 51.0 Å². The van der Waals surface area contributed by atoms with Crippen molar-refractivity contribution >= 4 is 5.96 Å². The van der Waals surface area contributed by atoms with Crippen molar-refractivity contribution in [2.45, 2.75) is 59.2 Å². The summed E-state index contributed by atoms with van der Waals surface area (Å²) >= 11 is 0. The van der Waals surface area contributed by atoms with Crippen LogP contribution < -0.4 is 11.1 Å². The van der Waals surface area contributed by atoms with E-state index in [1.54, 1.807) is 0 Å². The molecule has 0 saturated carbocycles. The number of nitrogens with one attached hydrogen (secondary N) is 1. The second-order valence-electron chi connectivity index (χ2n) is 7.13. The second-order valence-corrected chi connectivity index (χ2v) is 7.13. The molecule has 0 aliphatic heterocycles. The Kier molecular flexibility index (Phi) is 8.70. The van der Waals surface area contributed by atoms with E-state index in [1.165, 1.54) is 24.0 Å². The largest absolute Gasteiger partial charge is 0.370 e. The van der Waals surface area contributed by atoms with Crippen molar-refractivity contribution in [3.05, 3.63) is 35.4 Å². The Morgan fingerprint density at radius 2 is 1.87 bits per heavy atom. The highest BCUT2D eigenvalue weighted by atomic mass is 15.1. The summed E-state index contributed by atoms with van der Waals surface area (Å²) in [7, 11) is 4.15. The highest BCUT2D eigenvalue weighted by molar-refractivity contribution is 5.78. The molecule has 0 aliphatic rings. The second kappa shape index (κ2) is 10.3. The lowest BCUT2D eigenvalue weighted by atomic mass is 10.0. The topological polar surface area (TPSA) is 53.6 Å². The first-order valence-corrected chi connectivity index (χ1v) is 8.65. The van der Waals surface area contributed by atoms with Gasteiger partial charge in [-0.15, -0.1) is 0 Å². The Balaban J connectivity index is 2.43. The third kappa shape index (κ3) is 9.24. The van der Waals surface area contributed by atoms with Crippen molar-refractivity contribution in [1.29, 1.82) is 0 Å². The third-order valence-electron chi connectivity index (χ3n) is 3.74. The maximum absolute atomic E-state index is 6.00. The Hall–Kier alpha value is -1.55. The summed E-state index contributed by atoms with van der Waals surface area (Å²) in [6.45, 7) is 8.26. The molecular weight excluding hydrogens is 284 g/mol. The maximum Gasteiger partial charge on any atom is 0.189 e. The van der Waals surface area contributed by atoms with Gasteiger partial charge >= 0.3 is 0 Å². The van der Waals surface area contributed by atoms with E-state index in [0.29, 0.717) is 18.5 Å². The van der Waals surface area contributed by atoms with Crippen molar-refractivity contribution in [2.75, 3.05) is 14.1 Å². The monoisotopic (exact) mass is 318 g/mol. The summed E-state index contributed by atoms with van der Waals surface area (Å²) in [5.74, 6) is 1.31. The molecule has 0 spiro atoms. The molecular formula is C19H34N4. The van der Waals surface area contributed by atoms with Gasteiger partial charge in [-0.3, -0.25) is 0 Å². The van der Waals surface area contributed by atoms with E-state index < -0.39 is 0 Å². The Labute approximate surface area is 142 Å². The van der Waals surface area contributed by atoms with Crippen molar-refractivity contribution in [2.24, 2.45) is 16.6 Å². The van der Waals surface area contributed by atoms with Gasteiger partial charge < -0.3 is 16.0 Å². The highest BCUT2D eigenvalue weighted by Crippen LogP contribution is 2.09. The molecule has 1 aromatic rings. The van der Waals surface area contributed by atoms with Crippen molar-refractivity contribution in [3.8, 4) is 0 Å². The predicted octanol–water partition coefficient (Wildman–Crippen LogP) is 3.37. The van der Waals surface area contributed by atoms with Gasteiger partial charge in [0.1, 0.15) is 0 Å². The van der Waals surface area contributed by atoms with E-state index >= 15 is 0 Å². The molecule has 0 bridgehead atoms. The highest BCUT2D eigenvalue weighted by Gasteiger charge is 2.04. The minimum absolute atomic E-state index is 0.373. The fraction of sp³-hybridized carbons (Fsp3) is 0.632. The van der Waals surface area contributed by atoms with E-state index in [1.807, 2.05) is 0 Å². The number of aliphatic imine (C=N–C) groups is 1. The van der Waals surface area contributed by atoms with Crippen LogP contribution in [-0.4, -0.2) is 31.0 Å². The maximum atomic E-state index is 6.00. The van der Waals surface area contributed by atoms with Gasteiger partial charge in [0.05, 0.1) is 6.54 Å². The van der Waals surface area contributed by atoms with Crippen LogP contribution in [0.2, 0.25) is 0 Å². The van der Waals surface area contributed by atoms with Gasteiger partial charge in [0, 0.05) is 12.6 Å². The molecule has 1 atom stereocenters. The quantitative estimate of drug-likeness (QED) is 0.542. The summed E-state index contributed by atoms with van der Waals surface area (Å²) < 4.78 is 0. The fourth-order valence-electron chi connectivity index (χ4n) is 2.57. The number of nitrogens with zero attached hydrogens (tertiary/aromatic N) is 2. The molecule has 0 aromatic heterocycles. The first kappa shape index (κ1) is 19.5. The summed E-state index contributed by atoms with van der Waals surface area (Å²) in [5.41, 5.74) is 8.50. The molecule has 0 amide bonds. The van der Waals surface area contributed by atoms with Crippen molar-refractivity contribution in [3.63, 3.8) is 0 Å². The zero-order valence-electron chi connectivity index (χ0n) is 15.5. The molecule has 130 valence electrons. The Morgan fingerprint density at radius 1 is 1.17 bits per heavy atom. The van der Waals surface area contributed by atoms with Gasteiger partial charge in [-0.2, -0.15) is 0 Å². The van der Waals surface area contributed by atoms with Crippen LogP contribution in [0, 0.1) is 5.92 Å². The Bertz CT molecular complexity index is 480. The van der Waals surface area contributed by atoms with E-state index in [-0.39, 0.29) is 0 Å². The first-order valence-electron chi connectivity index (χ1n) is 8.65. The van der Waals surface area contributed by atoms with Crippen molar-refractivity contribution in [1.82, 2.24) is 10.2 Å². The van der Waals surface area contributed by atoms with Crippen LogP contribution in [0.1, 0.15) is 51.2 Å². The van der Waals surface area contributed by atoms with Crippen LogP contribution in [0.3, 0.4) is 0 Å².